The van der Waals surface area contributed by atoms with Crippen molar-refractivity contribution in [2.75, 3.05) is 11.9 Å². The summed E-state index contributed by atoms with van der Waals surface area (Å²) in [4.78, 5) is 30.9. The number of rotatable bonds is 4. The molecule has 4 rings (SSSR count). The Bertz CT molecular complexity index is 1130. The lowest BCUT2D eigenvalue weighted by Crippen LogP contribution is -2.30. The maximum absolute atomic E-state index is 12.5. The van der Waals surface area contributed by atoms with E-state index in [1.54, 1.807) is 31.3 Å². The molecule has 2 heterocycles. The SMILES string of the molecule is CN(C(=O)CCn1nnc2ccccc2c1=O)c1nc2ccccc2s1. The van der Waals surface area contributed by atoms with E-state index in [9.17, 15) is 9.59 Å². The summed E-state index contributed by atoms with van der Waals surface area (Å²) in [6.07, 6.45) is 0.138. The summed E-state index contributed by atoms with van der Waals surface area (Å²) in [5, 5.41) is 9.07. The first-order valence-electron chi connectivity index (χ1n) is 8.08. The zero-order valence-electron chi connectivity index (χ0n) is 14.0. The summed E-state index contributed by atoms with van der Waals surface area (Å²) >= 11 is 1.46. The highest BCUT2D eigenvalue weighted by Crippen LogP contribution is 2.28. The van der Waals surface area contributed by atoms with Gasteiger partial charge in [0.1, 0.15) is 5.52 Å². The molecule has 8 heteroatoms. The molecule has 0 bridgehead atoms. The molecule has 0 aliphatic rings. The lowest BCUT2D eigenvalue weighted by Gasteiger charge is -2.13. The second kappa shape index (κ2) is 6.64. The Morgan fingerprint density at radius 2 is 1.85 bits per heavy atom. The van der Waals surface area contributed by atoms with Crippen molar-refractivity contribution < 1.29 is 4.79 Å². The molecule has 0 saturated carbocycles. The van der Waals surface area contributed by atoms with Crippen LogP contribution in [-0.4, -0.2) is 32.9 Å². The number of aromatic nitrogens is 4. The number of thiazole rings is 1. The molecule has 0 aliphatic heterocycles. The average Bonchev–Trinajstić information content (AvgIpc) is 3.11. The number of anilines is 1. The number of hydrogen-bond donors (Lipinski definition) is 0. The molecule has 0 aliphatic carbocycles. The fraction of sp³-hybridized carbons (Fsp3) is 0.167. The molecular formula is C18H15N5O2S. The summed E-state index contributed by atoms with van der Waals surface area (Å²) in [5.41, 5.74) is 1.17. The van der Waals surface area contributed by atoms with Gasteiger partial charge < -0.3 is 0 Å². The molecule has 0 fully saturated rings. The Balaban J connectivity index is 1.51. The number of para-hydroxylation sites is 1. The lowest BCUT2D eigenvalue weighted by molar-refractivity contribution is -0.118. The molecule has 0 spiro atoms. The number of aryl methyl sites for hydroxylation is 1. The van der Waals surface area contributed by atoms with Gasteiger partial charge in [-0.3, -0.25) is 14.5 Å². The number of fused-ring (bicyclic) bond motifs is 2. The van der Waals surface area contributed by atoms with E-state index in [1.807, 2.05) is 24.3 Å². The number of hydrogen-bond acceptors (Lipinski definition) is 6. The topological polar surface area (TPSA) is 81.0 Å². The fourth-order valence-corrected chi connectivity index (χ4v) is 3.59. The highest BCUT2D eigenvalue weighted by atomic mass is 32.1. The largest absolute Gasteiger partial charge is 0.291 e. The van der Waals surface area contributed by atoms with Crippen LogP contribution >= 0.6 is 11.3 Å². The van der Waals surface area contributed by atoms with Crippen LogP contribution in [0.3, 0.4) is 0 Å². The van der Waals surface area contributed by atoms with Crippen molar-refractivity contribution in [1.29, 1.82) is 0 Å². The molecule has 130 valence electrons. The van der Waals surface area contributed by atoms with Gasteiger partial charge in [-0.1, -0.05) is 40.8 Å². The minimum atomic E-state index is -0.244. The van der Waals surface area contributed by atoms with Crippen LogP contribution in [0.25, 0.3) is 21.1 Å². The van der Waals surface area contributed by atoms with E-state index in [2.05, 4.69) is 15.3 Å². The van der Waals surface area contributed by atoms with E-state index >= 15 is 0 Å². The second-order valence-electron chi connectivity index (χ2n) is 5.80. The van der Waals surface area contributed by atoms with Gasteiger partial charge in [-0.15, -0.1) is 5.10 Å². The van der Waals surface area contributed by atoms with E-state index in [0.29, 0.717) is 16.0 Å². The molecule has 26 heavy (non-hydrogen) atoms. The molecular weight excluding hydrogens is 350 g/mol. The van der Waals surface area contributed by atoms with E-state index in [4.69, 9.17) is 0 Å². The maximum Gasteiger partial charge on any atom is 0.277 e. The quantitative estimate of drug-likeness (QED) is 0.555. The number of carbonyl (C=O) groups excluding carboxylic acids is 1. The van der Waals surface area contributed by atoms with Crippen LogP contribution < -0.4 is 10.5 Å². The monoisotopic (exact) mass is 365 g/mol. The number of benzene rings is 2. The summed E-state index contributed by atoms with van der Waals surface area (Å²) in [6.45, 7) is 0.171. The minimum Gasteiger partial charge on any atom is -0.291 e. The second-order valence-corrected chi connectivity index (χ2v) is 6.81. The summed E-state index contributed by atoms with van der Waals surface area (Å²) in [6, 6.07) is 14.8. The molecule has 0 unspecified atom stereocenters. The summed E-state index contributed by atoms with van der Waals surface area (Å²) in [5.74, 6) is -0.133. The molecule has 2 aromatic carbocycles. The third kappa shape index (κ3) is 2.95. The van der Waals surface area contributed by atoms with Crippen LogP contribution in [0, 0.1) is 0 Å². The highest BCUT2D eigenvalue weighted by Gasteiger charge is 2.16. The van der Waals surface area contributed by atoms with E-state index in [0.717, 1.165) is 10.2 Å². The van der Waals surface area contributed by atoms with Crippen LogP contribution in [0.1, 0.15) is 6.42 Å². The predicted octanol–water partition coefficient (Wildman–Crippen LogP) is 2.45. The predicted molar refractivity (Wildman–Crippen MR) is 101 cm³/mol. The first kappa shape index (κ1) is 16.3. The van der Waals surface area contributed by atoms with Crippen LogP contribution in [0.4, 0.5) is 5.13 Å². The summed E-state index contributed by atoms with van der Waals surface area (Å²) in [7, 11) is 1.69. The first-order chi connectivity index (χ1) is 12.6. The molecule has 0 atom stereocenters. The van der Waals surface area contributed by atoms with E-state index in [1.165, 1.54) is 20.9 Å². The Hall–Kier alpha value is -3.13. The Morgan fingerprint density at radius 3 is 2.65 bits per heavy atom. The zero-order chi connectivity index (χ0) is 18.1. The number of amides is 1. The van der Waals surface area contributed by atoms with Crippen molar-refractivity contribution in [3.8, 4) is 0 Å². The van der Waals surface area contributed by atoms with Gasteiger partial charge in [-0.05, 0) is 24.3 Å². The molecule has 0 radical (unpaired) electrons. The van der Waals surface area contributed by atoms with Gasteiger partial charge in [-0.2, -0.15) is 0 Å². The van der Waals surface area contributed by atoms with Gasteiger partial charge in [0.15, 0.2) is 5.13 Å². The van der Waals surface area contributed by atoms with Gasteiger partial charge in [0.2, 0.25) is 5.91 Å². The zero-order valence-corrected chi connectivity index (χ0v) is 14.8. The van der Waals surface area contributed by atoms with E-state index in [-0.39, 0.29) is 24.4 Å². The van der Waals surface area contributed by atoms with Crippen LogP contribution in [-0.2, 0) is 11.3 Å². The molecule has 7 nitrogen and oxygen atoms in total. The van der Waals surface area contributed by atoms with E-state index < -0.39 is 0 Å². The van der Waals surface area contributed by atoms with Crippen molar-refractivity contribution in [1.82, 2.24) is 20.0 Å². The van der Waals surface area contributed by atoms with Crippen LogP contribution in [0.2, 0.25) is 0 Å². The van der Waals surface area contributed by atoms with Crippen molar-refractivity contribution in [3.63, 3.8) is 0 Å². The van der Waals surface area contributed by atoms with Gasteiger partial charge >= 0.3 is 0 Å². The number of carbonyl (C=O) groups is 1. The molecule has 1 amide bonds. The van der Waals surface area contributed by atoms with Gasteiger partial charge in [0.25, 0.3) is 5.56 Å². The first-order valence-corrected chi connectivity index (χ1v) is 8.90. The smallest absolute Gasteiger partial charge is 0.277 e. The van der Waals surface area contributed by atoms with Gasteiger partial charge in [0.05, 0.1) is 22.1 Å². The molecule has 0 saturated heterocycles. The third-order valence-electron chi connectivity index (χ3n) is 4.11. The highest BCUT2D eigenvalue weighted by molar-refractivity contribution is 7.22. The van der Waals surface area contributed by atoms with Crippen molar-refractivity contribution in [2.24, 2.45) is 0 Å². The van der Waals surface area contributed by atoms with Crippen molar-refractivity contribution in [2.45, 2.75) is 13.0 Å². The Labute approximate surface area is 152 Å². The molecule has 4 aromatic rings. The van der Waals surface area contributed by atoms with Gasteiger partial charge in [-0.25, -0.2) is 9.67 Å². The van der Waals surface area contributed by atoms with Crippen molar-refractivity contribution in [3.05, 3.63) is 58.9 Å². The Morgan fingerprint density at radius 1 is 1.12 bits per heavy atom. The summed E-state index contributed by atoms with van der Waals surface area (Å²) < 4.78 is 2.26. The van der Waals surface area contributed by atoms with Gasteiger partial charge in [0, 0.05) is 13.5 Å². The van der Waals surface area contributed by atoms with Crippen LogP contribution in [0.15, 0.2) is 53.3 Å². The molecule has 2 aromatic heterocycles. The number of nitrogens with zero attached hydrogens (tertiary/aromatic N) is 5. The van der Waals surface area contributed by atoms with Crippen molar-refractivity contribution >= 4 is 43.5 Å². The lowest BCUT2D eigenvalue weighted by atomic mass is 10.2. The standard InChI is InChI=1S/C18H15N5O2S/c1-22(18-19-14-8-4-5-9-15(14)26-18)16(24)10-11-23-17(25)12-6-2-3-7-13(12)20-21-23/h2-9H,10-11H2,1H3. The van der Waals surface area contributed by atoms with Crippen LogP contribution in [0.5, 0.6) is 0 Å². The minimum absolute atomic E-state index is 0.133. The maximum atomic E-state index is 12.5. The average molecular weight is 365 g/mol. The molecule has 0 N–H and O–H groups in total. The normalized spacial score (nSPS) is 11.1. The fourth-order valence-electron chi connectivity index (χ4n) is 2.65. The third-order valence-corrected chi connectivity index (χ3v) is 5.22. The Kier molecular flexibility index (Phi) is 4.18.